The third-order valence-corrected chi connectivity index (χ3v) is 4.16. The quantitative estimate of drug-likeness (QED) is 0.861. The summed E-state index contributed by atoms with van der Waals surface area (Å²) in [6.07, 6.45) is 3.24. The molecule has 0 bridgehead atoms. The second-order valence-electron chi connectivity index (χ2n) is 3.46. The maximum atomic E-state index is 11.9. The van der Waals surface area contributed by atoms with Crippen molar-refractivity contribution in [3.8, 4) is 0 Å². The number of benzene rings is 1. The first kappa shape index (κ1) is 11.0. The molecular formula is C11H12N2O2S. The smallest absolute Gasteiger partial charge is 0.180 e. The fraction of sp³-hybridized carbons (Fsp3) is 0.182. The number of aromatic nitrogens is 1. The molecule has 0 fully saturated rings. The zero-order valence-electron chi connectivity index (χ0n) is 8.63. The lowest BCUT2D eigenvalue weighted by molar-refractivity contribution is 0.597. The van der Waals surface area contributed by atoms with Crippen LogP contribution in [0.25, 0.3) is 10.8 Å². The highest BCUT2D eigenvalue weighted by Crippen LogP contribution is 2.22. The first-order chi connectivity index (χ1) is 7.65. The first-order valence-corrected chi connectivity index (χ1v) is 6.56. The van der Waals surface area contributed by atoms with Gasteiger partial charge in [-0.2, -0.15) is 0 Å². The van der Waals surface area contributed by atoms with E-state index in [2.05, 4.69) is 4.98 Å². The normalized spacial score (nSPS) is 11.8. The number of fused-ring (bicyclic) bond motifs is 1. The molecule has 0 saturated carbocycles. The van der Waals surface area contributed by atoms with Crippen LogP contribution in [0.2, 0.25) is 0 Å². The van der Waals surface area contributed by atoms with Crippen molar-refractivity contribution in [2.24, 2.45) is 5.73 Å². The number of rotatable bonds is 3. The molecule has 1 aromatic heterocycles. The van der Waals surface area contributed by atoms with Crippen LogP contribution in [0, 0.1) is 0 Å². The number of sulfone groups is 1. The molecule has 0 saturated heterocycles. The van der Waals surface area contributed by atoms with Gasteiger partial charge < -0.3 is 5.73 Å². The lowest BCUT2D eigenvalue weighted by Crippen LogP contribution is -2.16. The molecule has 0 radical (unpaired) electrons. The highest BCUT2D eigenvalue weighted by Gasteiger charge is 2.15. The fourth-order valence-corrected chi connectivity index (χ4v) is 2.97. The van der Waals surface area contributed by atoms with Crippen LogP contribution in [0.5, 0.6) is 0 Å². The molecule has 0 atom stereocenters. The van der Waals surface area contributed by atoms with Gasteiger partial charge in [-0.3, -0.25) is 4.98 Å². The zero-order valence-corrected chi connectivity index (χ0v) is 9.44. The summed E-state index contributed by atoms with van der Waals surface area (Å²) >= 11 is 0. The zero-order chi connectivity index (χ0) is 11.6. The van der Waals surface area contributed by atoms with E-state index in [9.17, 15) is 8.42 Å². The summed E-state index contributed by atoms with van der Waals surface area (Å²) in [5.74, 6) is -0.0333. The van der Waals surface area contributed by atoms with Gasteiger partial charge in [0.05, 0.1) is 10.6 Å². The number of nitrogens with two attached hydrogens (primary N) is 1. The maximum absolute atomic E-state index is 11.9. The summed E-state index contributed by atoms with van der Waals surface area (Å²) in [6, 6.07) is 6.86. The highest BCUT2D eigenvalue weighted by molar-refractivity contribution is 7.91. The molecule has 1 heterocycles. The summed E-state index contributed by atoms with van der Waals surface area (Å²) < 4.78 is 23.9. The SMILES string of the molecule is NCCS(=O)(=O)c1cccc2cnccc12. The number of hydrogen-bond donors (Lipinski definition) is 1. The summed E-state index contributed by atoms with van der Waals surface area (Å²) in [4.78, 5) is 4.29. The van der Waals surface area contributed by atoms with E-state index < -0.39 is 9.84 Å². The van der Waals surface area contributed by atoms with Crippen LogP contribution >= 0.6 is 0 Å². The number of nitrogens with zero attached hydrogens (tertiary/aromatic N) is 1. The van der Waals surface area contributed by atoms with Gasteiger partial charge in [-0.15, -0.1) is 0 Å². The van der Waals surface area contributed by atoms with E-state index in [-0.39, 0.29) is 12.3 Å². The Morgan fingerprint density at radius 2 is 2.06 bits per heavy atom. The maximum Gasteiger partial charge on any atom is 0.180 e. The Balaban J connectivity index is 2.70. The summed E-state index contributed by atoms with van der Waals surface area (Å²) in [5.41, 5.74) is 5.30. The van der Waals surface area contributed by atoms with E-state index in [1.807, 2.05) is 6.07 Å². The van der Waals surface area contributed by atoms with Crippen molar-refractivity contribution in [2.75, 3.05) is 12.3 Å². The Morgan fingerprint density at radius 1 is 1.25 bits per heavy atom. The molecular weight excluding hydrogens is 224 g/mol. The van der Waals surface area contributed by atoms with Gasteiger partial charge in [0.2, 0.25) is 0 Å². The van der Waals surface area contributed by atoms with Crippen LogP contribution in [-0.4, -0.2) is 25.7 Å². The van der Waals surface area contributed by atoms with Crippen molar-refractivity contribution in [1.29, 1.82) is 0 Å². The molecule has 1 aromatic carbocycles. The van der Waals surface area contributed by atoms with E-state index in [1.165, 1.54) is 0 Å². The Hall–Kier alpha value is -1.46. The molecule has 84 valence electrons. The lowest BCUT2D eigenvalue weighted by Gasteiger charge is -2.06. The van der Waals surface area contributed by atoms with Crippen molar-refractivity contribution in [3.63, 3.8) is 0 Å². The second-order valence-corrected chi connectivity index (χ2v) is 5.54. The third kappa shape index (κ3) is 1.91. The van der Waals surface area contributed by atoms with E-state index in [4.69, 9.17) is 5.73 Å². The third-order valence-electron chi connectivity index (χ3n) is 2.36. The molecule has 0 aliphatic heterocycles. The Bertz CT molecular complexity index is 603. The minimum Gasteiger partial charge on any atom is -0.329 e. The molecule has 0 aliphatic carbocycles. The molecule has 0 amide bonds. The van der Waals surface area contributed by atoms with Gasteiger partial charge in [0.25, 0.3) is 0 Å². The van der Waals surface area contributed by atoms with Gasteiger partial charge in [-0.25, -0.2) is 8.42 Å². The standard InChI is InChI=1S/C11H12N2O2S/c12-5-7-16(14,15)11-3-1-2-9-8-13-6-4-10(9)11/h1-4,6,8H,5,7,12H2. The lowest BCUT2D eigenvalue weighted by atomic mass is 10.2. The van der Waals surface area contributed by atoms with Gasteiger partial charge in [-0.05, 0) is 12.1 Å². The van der Waals surface area contributed by atoms with E-state index in [0.29, 0.717) is 10.3 Å². The predicted molar refractivity (Wildman–Crippen MR) is 62.9 cm³/mol. The van der Waals surface area contributed by atoms with Gasteiger partial charge in [-0.1, -0.05) is 12.1 Å². The molecule has 4 nitrogen and oxygen atoms in total. The van der Waals surface area contributed by atoms with E-state index >= 15 is 0 Å². The molecule has 0 aliphatic rings. The number of pyridine rings is 1. The van der Waals surface area contributed by atoms with Gasteiger partial charge in [0.15, 0.2) is 9.84 Å². The molecule has 16 heavy (non-hydrogen) atoms. The van der Waals surface area contributed by atoms with Crippen LogP contribution in [0.3, 0.4) is 0 Å². The Morgan fingerprint density at radius 3 is 2.81 bits per heavy atom. The molecule has 2 N–H and O–H groups in total. The summed E-state index contributed by atoms with van der Waals surface area (Å²) in [5, 5.41) is 1.52. The van der Waals surface area contributed by atoms with Crippen LogP contribution in [0.15, 0.2) is 41.6 Å². The summed E-state index contributed by atoms with van der Waals surface area (Å²) in [7, 11) is -3.29. The van der Waals surface area contributed by atoms with Gasteiger partial charge in [0.1, 0.15) is 0 Å². The van der Waals surface area contributed by atoms with Crippen molar-refractivity contribution >= 4 is 20.6 Å². The van der Waals surface area contributed by atoms with Crippen LogP contribution in [-0.2, 0) is 9.84 Å². The summed E-state index contributed by atoms with van der Waals surface area (Å²) in [6.45, 7) is 0.129. The van der Waals surface area contributed by atoms with Crippen molar-refractivity contribution in [3.05, 3.63) is 36.7 Å². The van der Waals surface area contributed by atoms with E-state index in [1.54, 1.807) is 30.6 Å². The van der Waals surface area contributed by atoms with Crippen molar-refractivity contribution < 1.29 is 8.42 Å². The molecule has 5 heteroatoms. The van der Waals surface area contributed by atoms with Gasteiger partial charge in [0, 0.05) is 29.7 Å². The Kier molecular flexibility index (Phi) is 2.89. The second kappa shape index (κ2) is 4.19. The van der Waals surface area contributed by atoms with E-state index in [0.717, 1.165) is 5.39 Å². The van der Waals surface area contributed by atoms with Crippen LogP contribution in [0.4, 0.5) is 0 Å². The predicted octanol–water partition coefficient (Wildman–Crippen LogP) is 0.967. The van der Waals surface area contributed by atoms with Crippen LogP contribution < -0.4 is 5.73 Å². The van der Waals surface area contributed by atoms with Crippen molar-refractivity contribution in [2.45, 2.75) is 4.90 Å². The van der Waals surface area contributed by atoms with Crippen LogP contribution in [0.1, 0.15) is 0 Å². The molecule has 2 aromatic rings. The average Bonchev–Trinajstić information content (AvgIpc) is 2.28. The monoisotopic (exact) mass is 236 g/mol. The molecule has 2 rings (SSSR count). The minimum atomic E-state index is -3.29. The number of hydrogen-bond acceptors (Lipinski definition) is 4. The van der Waals surface area contributed by atoms with Gasteiger partial charge >= 0.3 is 0 Å². The first-order valence-electron chi connectivity index (χ1n) is 4.91. The molecule has 0 unspecified atom stereocenters. The topological polar surface area (TPSA) is 73.1 Å². The average molecular weight is 236 g/mol. The minimum absolute atomic E-state index is 0.0333. The highest BCUT2D eigenvalue weighted by atomic mass is 32.2. The molecule has 0 spiro atoms. The fourth-order valence-electron chi connectivity index (χ4n) is 1.63. The Labute approximate surface area is 94.0 Å². The van der Waals surface area contributed by atoms with Crippen molar-refractivity contribution in [1.82, 2.24) is 4.98 Å². The largest absolute Gasteiger partial charge is 0.329 e.